The molecule has 1 aliphatic rings. The number of nitrogen functional groups attached to an aromatic ring is 1. The number of aromatic nitrogens is 4. The van der Waals surface area contributed by atoms with Gasteiger partial charge in [0.1, 0.15) is 11.8 Å². The van der Waals surface area contributed by atoms with Crippen LogP contribution in [0, 0.1) is 0 Å². The first kappa shape index (κ1) is 18.7. The van der Waals surface area contributed by atoms with Crippen LogP contribution in [0.15, 0.2) is 12.7 Å². The van der Waals surface area contributed by atoms with Crippen molar-refractivity contribution < 1.29 is 31.1 Å². The SMILES string of the molecule is Nc1ncnc2c1ncn2CC1(OC(CC(F)(F)F)CC(F)(F)F)CC1. The Bertz CT molecular complexity index is 766. The minimum Gasteiger partial charge on any atom is -0.382 e. The molecule has 2 aromatic rings. The molecule has 1 aliphatic carbocycles. The molecule has 26 heavy (non-hydrogen) atoms. The van der Waals surface area contributed by atoms with E-state index < -0.39 is 36.9 Å². The summed E-state index contributed by atoms with van der Waals surface area (Å²) < 4.78 is 82.5. The second-order valence-electron chi connectivity index (χ2n) is 6.37. The van der Waals surface area contributed by atoms with E-state index in [2.05, 4.69) is 15.0 Å². The van der Waals surface area contributed by atoms with Crippen molar-refractivity contribution in [2.24, 2.45) is 0 Å². The molecule has 0 aliphatic heterocycles. The van der Waals surface area contributed by atoms with Crippen LogP contribution in [0.2, 0.25) is 0 Å². The van der Waals surface area contributed by atoms with E-state index in [9.17, 15) is 26.3 Å². The zero-order chi connectivity index (χ0) is 19.2. The van der Waals surface area contributed by atoms with Crippen molar-refractivity contribution in [2.45, 2.75) is 56.3 Å². The predicted octanol–water partition coefficient (Wildman–Crippen LogP) is 3.23. The van der Waals surface area contributed by atoms with E-state index in [1.54, 1.807) is 0 Å². The molecule has 0 amide bonds. The predicted molar refractivity (Wildman–Crippen MR) is 77.9 cm³/mol. The third-order valence-corrected chi connectivity index (χ3v) is 4.03. The molecule has 6 nitrogen and oxygen atoms in total. The average molecular weight is 383 g/mol. The third kappa shape index (κ3) is 4.54. The van der Waals surface area contributed by atoms with Crippen LogP contribution in [0.4, 0.5) is 32.2 Å². The van der Waals surface area contributed by atoms with Gasteiger partial charge in [0.2, 0.25) is 0 Å². The standard InChI is InChI=1S/C14H15F6N5O/c15-13(16,17)3-8(4-14(18,19)20)26-12(1-2-12)5-25-7-24-9-10(21)22-6-23-11(9)25/h6-8H,1-5H2,(H2,21,22,23). The van der Waals surface area contributed by atoms with E-state index in [1.807, 2.05) is 0 Å². The number of imidazole rings is 1. The van der Waals surface area contributed by atoms with Crippen molar-refractivity contribution in [3.63, 3.8) is 0 Å². The van der Waals surface area contributed by atoms with E-state index in [0.29, 0.717) is 24.0 Å². The van der Waals surface area contributed by atoms with Gasteiger partial charge in [0.05, 0.1) is 37.4 Å². The normalized spacial score (nSPS) is 17.2. The van der Waals surface area contributed by atoms with Gasteiger partial charge in [-0.15, -0.1) is 0 Å². The fraction of sp³-hybridized carbons (Fsp3) is 0.643. The van der Waals surface area contributed by atoms with Crippen molar-refractivity contribution >= 4 is 17.0 Å². The molecule has 3 rings (SSSR count). The molecule has 12 heteroatoms. The highest BCUT2D eigenvalue weighted by atomic mass is 19.4. The van der Waals surface area contributed by atoms with E-state index in [0.717, 1.165) is 0 Å². The number of anilines is 1. The topological polar surface area (TPSA) is 78.9 Å². The van der Waals surface area contributed by atoms with Crippen molar-refractivity contribution in [1.29, 1.82) is 0 Å². The minimum atomic E-state index is -4.75. The van der Waals surface area contributed by atoms with Gasteiger partial charge in [0.25, 0.3) is 0 Å². The zero-order valence-corrected chi connectivity index (χ0v) is 13.3. The number of nitrogens with zero attached hydrogens (tertiary/aromatic N) is 4. The van der Waals surface area contributed by atoms with Gasteiger partial charge >= 0.3 is 12.4 Å². The second-order valence-corrected chi connectivity index (χ2v) is 6.37. The largest absolute Gasteiger partial charge is 0.391 e. The molecule has 2 N–H and O–H groups in total. The Morgan fingerprint density at radius 2 is 1.69 bits per heavy atom. The fourth-order valence-corrected chi connectivity index (χ4v) is 2.80. The fourth-order valence-electron chi connectivity index (χ4n) is 2.80. The summed E-state index contributed by atoms with van der Waals surface area (Å²) in [4.78, 5) is 11.8. The molecule has 2 aromatic heterocycles. The number of rotatable bonds is 6. The summed E-state index contributed by atoms with van der Waals surface area (Å²) in [6.45, 7) is 0.0339. The number of fused-ring (bicyclic) bond motifs is 1. The molecule has 0 aromatic carbocycles. The average Bonchev–Trinajstić information content (AvgIpc) is 3.07. The molecule has 1 fully saturated rings. The highest BCUT2D eigenvalue weighted by Gasteiger charge is 2.50. The van der Waals surface area contributed by atoms with E-state index >= 15 is 0 Å². The van der Waals surface area contributed by atoms with Gasteiger partial charge in [-0.05, 0) is 12.8 Å². The second kappa shape index (κ2) is 6.25. The maximum absolute atomic E-state index is 12.6. The van der Waals surface area contributed by atoms with Crippen molar-refractivity contribution in [3.05, 3.63) is 12.7 Å². The number of halogens is 6. The quantitative estimate of drug-likeness (QED) is 0.775. The molecule has 0 bridgehead atoms. The molecule has 0 atom stereocenters. The van der Waals surface area contributed by atoms with Crippen molar-refractivity contribution in [3.8, 4) is 0 Å². The maximum atomic E-state index is 12.6. The zero-order valence-electron chi connectivity index (χ0n) is 13.3. The van der Waals surface area contributed by atoms with Crippen LogP contribution in [0.5, 0.6) is 0 Å². The van der Waals surface area contributed by atoms with Crippen molar-refractivity contribution in [2.75, 3.05) is 5.73 Å². The van der Waals surface area contributed by atoms with Gasteiger partial charge in [-0.3, -0.25) is 0 Å². The van der Waals surface area contributed by atoms with Crippen LogP contribution >= 0.6 is 0 Å². The summed E-state index contributed by atoms with van der Waals surface area (Å²) >= 11 is 0. The van der Waals surface area contributed by atoms with Crippen LogP contribution in [0.1, 0.15) is 25.7 Å². The summed E-state index contributed by atoms with van der Waals surface area (Å²) in [7, 11) is 0. The Labute approximate surface area is 143 Å². The Hall–Kier alpha value is -2.11. The van der Waals surface area contributed by atoms with E-state index in [4.69, 9.17) is 10.5 Å². The monoisotopic (exact) mass is 383 g/mol. The van der Waals surface area contributed by atoms with Gasteiger partial charge in [0.15, 0.2) is 11.5 Å². The van der Waals surface area contributed by atoms with Crippen LogP contribution in [0.25, 0.3) is 11.2 Å². The van der Waals surface area contributed by atoms with Crippen LogP contribution in [-0.2, 0) is 11.3 Å². The Kier molecular flexibility index (Phi) is 4.49. The van der Waals surface area contributed by atoms with Gasteiger partial charge in [-0.25, -0.2) is 15.0 Å². The van der Waals surface area contributed by atoms with Crippen LogP contribution in [0.3, 0.4) is 0 Å². The first-order valence-electron chi connectivity index (χ1n) is 7.69. The van der Waals surface area contributed by atoms with Gasteiger partial charge in [-0.2, -0.15) is 26.3 Å². The Morgan fingerprint density at radius 1 is 1.08 bits per heavy atom. The molecule has 0 saturated heterocycles. The molecule has 1 saturated carbocycles. The molecule has 0 unspecified atom stereocenters. The smallest absolute Gasteiger partial charge is 0.382 e. The molecular weight excluding hydrogens is 368 g/mol. The number of alkyl halides is 6. The number of ether oxygens (including phenoxy) is 1. The molecule has 0 radical (unpaired) electrons. The lowest BCUT2D eigenvalue weighted by Crippen LogP contribution is -2.34. The summed E-state index contributed by atoms with van der Waals surface area (Å²) in [5, 5.41) is 0. The summed E-state index contributed by atoms with van der Waals surface area (Å²) in [6, 6.07) is 0. The van der Waals surface area contributed by atoms with Crippen molar-refractivity contribution in [1.82, 2.24) is 19.5 Å². The third-order valence-electron chi connectivity index (χ3n) is 4.03. The van der Waals surface area contributed by atoms with Gasteiger partial charge < -0.3 is 15.0 Å². The molecule has 0 spiro atoms. The lowest BCUT2D eigenvalue weighted by atomic mass is 10.1. The highest BCUT2D eigenvalue weighted by molar-refractivity contribution is 5.81. The van der Waals surface area contributed by atoms with Crippen LogP contribution < -0.4 is 5.73 Å². The van der Waals surface area contributed by atoms with E-state index in [-0.39, 0.29) is 12.4 Å². The molecule has 144 valence electrons. The first-order chi connectivity index (χ1) is 12.0. The number of hydrogen-bond acceptors (Lipinski definition) is 5. The number of nitrogens with two attached hydrogens (primary N) is 1. The molecular formula is C14H15F6N5O. The van der Waals surface area contributed by atoms with Gasteiger partial charge in [-0.1, -0.05) is 0 Å². The summed E-state index contributed by atoms with van der Waals surface area (Å²) in [5.74, 6) is 0.131. The lowest BCUT2D eigenvalue weighted by Gasteiger charge is -2.26. The lowest BCUT2D eigenvalue weighted by molar-refractivity contribution is -0.206. The first-order valence-corrected chi connectivity index (χ1v) is 7.69. The number of hydrogen-bond donors (Lipinski definition) is 1. The maximum Gasteiger partial charge on any atom is 0.391 e. The van der Waals surface area contributed by atoms with E-state index in [1.165, 1.54) is 17.2 Å². The summed E-state index contributed by atoms with van der Waals surface area (Å²) in [6.07, 6.45) is -11.6. The molecule has 2 heterocycles. The highest BCUT2D eigenvalue weighted by Crippen LogP contribution is 2.45. The van der Waals surface area contributed by atoms with Crippen LogP contribution in [-0.4, -0.2) is 43.6 Å². The Balaban J connectivity index is 1.77. The minimum absolute atomic E-state index is 0.0339. The van der Waals surface area contributed by atoms with Gasteiger partial charge in [0, 0.05) is 0 Å². The Morgan fingerprint density at radius 3 is 2.23 bits per heavy atom. The summed E-state index contributed by atoms with van der Waals surface area (Å²) in [5.41, 5.74) is 5.21.